The molecule has 2 heterocycles. The summed E-state index contributed by atoms with van der Waals surface area (Å²) in [5, 5.41) is 9.55. The van der Waals surface area contributed by atoms with Gasteiger partial charge in [-0.15, -0.1) is 0 Å². The highest BCUT2D eigenvalue weighted by atomic mass is 16.5. The summed E-state index contributed by atoms with van der Waals surface area (Å²) in [5.74, 6) is -0.641. The van der Waals surface area contributed by atoms with Crippen molar-refractivity contribution in [2.45, 2.75) is 39.2 Å². The number of aliphatic carboxylic acids is 1. The second-order valence-corrected chi connectivity index (χ2v) is 6.12. The van der Waals surface area contributed by atoms with E-state index in [2.05, 4.69) is 9.80 Å². The smallest absolute Gasteiger partial charge is 0.310 e. The predicted octanol–water partition coefficient (Wildman–Crippen LogP) is 1.28. The summed E-state index contributed by atoms with van der Waals surface area (Å²) in [6.45, 7) is 10.4. The Bertz CT molecular complexity index is 325. The topological polar surface area (TPSA) is 53.0 Å². The first-order valence-corrected chi connectivity index (χ1v) is 7.89. The summed E-state index contributed by atoms with van der Waals surface area (Å²) in [5.41, 5.74) is -0.570. The third kappa shape index (κ3) is 3.32. The molecule has 0 bridgehead atoms. The largest absolute Gasteiger partial charge is 0.481 e. The van der Waals surface area contributed by atoms with Crippen LogP contribution in [-0.2, 0) is 9.53 Å². The van der Waals surface area contributed by atoms with E-state index in [9.17, 15) is 9.90 Å². The van der Waals surface area contributed by atoms with Crippen molar-refractivity contribution in [1.29, 1.82) is 0 Å². The lowest BCUT2D eigenvalue weighted by Crippen LogP contribution is -2.46. The number of carboxylic acid groups (broad SMARTS) is 1. The van der Waals surface area contributed by atoms with Crippen molar-refractivity contribution in [3.05, 3.63) is 0 Å². The molecule has 1 atom stereocenters. The third-order valence-corrected chi connectivity index (χ3v) is 5.14. The Morgan fingerprint density at radius 2 is 1.90 bits per heavy atom. The molecular weight excluding hydrogens is 256 g/mol. The van der Waals surface area contributed by atoms with Crippen molar-refractivity contribution in [2.75, 3.05) is 45.9 Å². The molecule has 0 amide bonds. The van der Waals surface area contributed by atoms with Gasteiger partial charge >= 0.3 is 5.97 Å². The third-order valence-electron chi connectivity index (χ3n) is 5.14. The van der Waals surface area contributed by atoms with Crippen LogP contribution in [0.15, 0.2) is 0 Å². The second-order valence-electron chi connectivity index (χ2n) is 6.12. The second kappa shape index (κ2) is 6.87. The molecule has 5 heteroatoms. The molecule has 2 fully saturated rings. The summed E-state index contributed by atoms with van der Waals surface area (Å²) in [6.07, 6.45) is 2.57. The predicted molar refractivity (Wildman–Crippen MR) is 77.9 cm³/mol. The molecule has 1 N–H and O–H groups in total. The van der Waals surface area contributed by atoms with Gasteiger partial charge in [0.15, 0.2) is 0 Å². The fourth-order valence-electron chi connectivity index (χ4n) is 3.47. The van der Waals surface area contributed by atoms with E-state index in [1.54, 1.807) is 0 Å². The summed E-state index contributed by atoms with van der Waals surface area (Å²) >= 11 is 0. The van der Waals surface area contributed by atoms with E-state index < -0.39 is 11.4 Å². The molecule has 20 heavy (non-hydrogen) atoms. The van der Waals surface area contributed by atoms with Gasteiger partial charge in [-0.1, -0.05) is 13.8 Å². The Kier molecular flexibility index (Phi) is 5.41. The zero-order valence-corrected chi connectivity index (χ0v) is 12.8. The van der Waals surface area contributed by atoms with Crippen LogP contribution in [0.1, 0.15) is 33.1 Å². The highest BCUT2D eigenvalue weighted by molar-refractivity contribution is 5.74. The van der Waals surface area contributed by atoms with Crippen molar-refractivity contribution in [3.63, 3.8) is 0 Å². The van der Waals surface area contributed by atoms with Crippen molar-refractivity contribution in [2.24, 2.45) is 5.41 Å². The Hall–Kier alpha value is -0.650. The van der Waals surface area contributed by atoms with Crippen LogP contribution in [0.4, 0.5) is 0 Å². The first-order chi connectivity index (χ1) is 9.61. The molecule has 0 aromatic rings. The van der Waals surface area contributed by atoms with Crippen LogP contribution in [0, 0.1) is 5.41 Å². The van der Waals surface area contributed by atoms with E-state index in [-0.39, 0.29) is 0 Å². The van der Waals surface area contributed by atoms with Crippen molar-refractivity contribution in [3.8, 4) is 0 Å². The van der Waals surface area contributed by atoms with Crippen LogP contribution in [0.5, 0.6) is 0 Å². The quantitative estimate of drug-likeness (QED) is 0.796. The van der Waals surface area contributed by atoms with Gasteiger partial charge in [0.1, 0.15) is 0 Å². The molecule has 2 aliphatic heterocycles. The van der Waals surface area contributed by atoms with Gasteiger partial charge < -0.3 is 14.7 Å². The van der Waals surface area contributed by atoms with E-state index in [4.69, 9.17) is 4.74 Å². The van der Waals surface area contributed by atoms with Crippen LogP contribution < -0.4 is 0 Å². The van der Waals surface area contributed by atoms with Gasteiger partial charge in [0.25, 0.3) is 0 Å². The lowest BCUT2D eigenvalue weighted by atomic mass is 9.82. The van der Waals surface area contributed by atoms with E-state index in [0.29, 0.717) is 25.4 Å². The van der Waals surface area contributed by atoms with Crippen LogP contribution in [0.3, 0.4) is 0 Å². The summed E-state index contributed by atoms with van der Waals surface area (Å²) in [4.78, 5) is 16.5. The zero-order chi connectivity index (χ0) is 14.6. The minimum atomic E-state index is -0.641. The van der Waals surface area contributed by atoms with E-state index in [1.807, 2.05) is 13.8 Å². The van der Waals surface area contributed by atoms with Crippen LogP contribution in [0.2, 0.25) is 0 Å². The van der Waals surface area contributed by atoms with Gasteiger partial charge in [-0.05, 0) is 25.8 Å². The molecule has 1 unspecified atom stereocenters. The highest BCUT2D eigenvalue weighted by Gasteiger charge is 2.39. The van der Waals surface area contributed by atoms with Crippen LogP contribution in [0.25, 0.3) is 0 Å². The Balaban J connectivity index is 1.90. The SMILES string of the molecule is CCC(CC)(CN1CCC(N2CCOCC2)C1)C(=O)O. The number of nitrogens with zero attached hydrogens (tertiary/aromatic N) is 2. The maximum atomic E-state index is 11.6. The average Bonchev–Trinajstić information content (AvgIpc) is 2.94. The minimum absolute atomic E-state index is 0.570. The molecule has 0 spiro atoms. The number of ether oxygens (including phenoxy) is 1. The maximum absolute atomic E-state index is 11.6. The van der Waals surface area contributed by atoms with Gasteiger partial charge in [0.2, 0.25) is 0 Å². The van der Waals surface area contributed by atoms with Crippen LogP contribution in [-0.4, -0.2) is 72.9 Å². The Morgan fingerprint density at radius 3 is 2.45 bits per heavy atom. The number of hydrogen-bond acceptors (Lipinski definition) is 4. The fraction of sp³-hybridized carbons (Fsp3) is 0.933. The summed E-state index contributed by atoms with van der Waals surface area (Å²) < 4.78 is 5.40. The average molecular weight is 284 g/mol. The number of carboxylic acids is 1. The molecule has 0 radical (unpaired) electrons. The molecule has 116 valence electrons. The fourth-order valence-corrected chi connectivity index (χ4v) is 3.47. The number of hydrogen-bond donors (Lipinski definition) is 1. The first kappa shape index (κ1) is 15.7. The molecule has 2 saturated heterocycles. The van der Waals surface area contributed by atoms with Crippen molar-refractivity contribution < 1.29 is 14.6 Å². The molecule has 2 aliphatic rings. The van der Waals surface area contributed by atoms with E-state index in [1.165, 1.54) is 0 Å². The van der Waals surface area contributed by atoms with Crippen LogP contribution >= 0.6 is 0 Å². The molecular formula is C15H28N2O3. The molecule has 0 aliphatic carbocycles. The standard InChI is InChI=1S/C15H28N2O3/c1-3-15(4-2,14(18)19)12-16-6-5-13(11-16)17-7-9-20-10-8-17/h13H,3-12H2,1-2H3,(H,18,19). The zero-order valence-electron chi connectivity index (χ0n) is 12.8. The molecule has 0 saturated carbocycles. The van der Waals surface area contributed by atoms with E-state index >= 15 is 0 Å². The molecule has 5 nitrogen and oxygen atoms in total. The van der Waals surface area contributed by atoms with Gasteiger partial charge in [-0.25, -0.2) is 0 Å². The monoisotopic (exact) mass is 284 g/mol. The number of likely N-dealkylation sites (tertiary alicyclic amines) is 1. The normalized spacial score (nSPS) is 26.0. The minimum Gasteiger partial charge on any atom is -0.481 e. The number of rotatable bonds is 6. The van der Waals surface area contributed by atoms with E-state index in [0.717, 1.165) is 45.8 Å². The lowest BCUT2D eigenvalue weighted by Gasteiger charge is -2.34. The summed E-state index contributed by atoms with van der Waals surface area (Å²) in [6, 6.07) is 0.583. The summed E-state index contributed by atoms with van der Waals surface area (Å²) in [7, 11) is 0. The number of morpholine rings is 1. The molecule has 0 aromatic carbocycles. The van der Waals surface area contributed by atoms with Gasteiger partial charge in [0.05, 0.1) is 18.6 Å². The Labute approximate surface area is 121 Å². The lowest BCUT2D eigenvalue weighted by molar-refractivity contribution is -0.150. The van der Waals surface area contributed by atoms with Crippen molar-refractivity contribution in [1.82, 2.24) is 9.80 Å². The van der Waals surface area contributed by atoms with Gasteiger partial charge in [-0.3, -0.25) is 9.69 Å². The molecule has 2 rings (SSSR count). The first-order valence-electron chi connectivity index (χ1n) is 7.89. The van der Waals surface area contributed by atoms with Gasteiger partial charge in [0, 0.05) is 32.2 Å². The molecule has 0 aromatic heterocycles. The Morgan fingerprint density at radius 1 is 1.25 bits per heavy atom. The maximum Gasteiger partial charge on any atom is 0.310 e. The van der Waals surface area contributed by atoms with Gasteiger partial charge in [-0.2, -0.15) is 0 Å². The van der Waals surface area contributed by atoms with Crippen molar-refractivity contribution >= 4 is 5.97 Å². The highest BCUT2D eigenvalue weighted by Crippen LogP contribution is 2.30. The number of carbonyl (C=O) groups is 1.